The van der Waals surface area contributed by atoms with Crippen LogP contribution in [0, 0.1) is 0 Å². The Morgan fingerprint density at radius 2 is 1.70 bits per heavy atom. The quantitative estimate of drug-likeness (QED) is 0.146. The molecule has 2 heterocycles. The largest absolute Gasteiger partial charge is 0.465 e. The van der Waals surface area contributed by atoms with E-state index in [1.54, 1.807) is 30.5 Å². The lowest BCUT2D eigenvalue weighted by Gasteiger charge is -2.18. The maximum Gasteiger partial charge on any atom is 0.337 e. The van der Waals surface area contributed by atoms with E-state index in [2.05, 4.69) is 16.5 Å². The number of amides is 3. The smallest absolute Gasteiger partial charge is 0.337 e. The van der Waals surface area contributed by atoms with Crippen LogP contribution >= 0.6 is 11.6 Å². The van der Waals surface area contributed by atoms with Crippen LogP contribution in [0.5, 0.6) is 0 Å². The van der Waals surface area contributed by atoms with Crippen molar-refractivity contribution in [3.05, 3.63) is 93.7 Å². The van der Waals surface area contributed by atoms with Gasteiger partial charge in [0.1, 0.15) is 11.5 Å². The molecule has 4 rings (SSSR count). The lowest BCUT2D eigenvalue weighted by molar-refractivity contribution is -0.123. The molecule has 1 aromatic heterocycles. The summed E-state index contributed by atoms with van der Waals surface area (Å²) >= 11 is 6.42. The van der Waals surface area contributed by atoms with E-state index in [0.717, 1.165) is 54.7 Å². The maximum atomic E-state index is 13.6. The molecule has 9 heteroatoms. The van der Waals surface area contributed by atoms with Gasteiger partial charge in [0.05, 0.1) is 31.1 Å². The fraction of sp³-hybridized carbons (Fsp3) is 0.355. The molecule has 2 aromatic carbocycles. The first-order chi connectivity index (χ1) is 19.4. The van der Waals surface area contributed by atoms with E-state index in [9.17, 15) is 14.4 Å². The second-order valence-electron chi connectivity index (χ2n) is 9.78. The highest BCUT2D eigenvalue weighted by molar-refractivity contribution is 6.31. The van der Waals surface area contributed by atoms with E-state index in [4.69, 9.17) is 16.3 Å². The average Bonchev–Trinajstić information content (AvgIpc) is 3.44. The molecule has 1 aliphatic heterocycles. The Morgan fingerprint density at radius 3 is 2.38 bits per heavy atom. The molecule has 1 saturated heterocycles. The number of hydrogen-bond acceptors (Lipinski definition) is 5. The van der Waals surface area contributed by atoms with Crippen LogP contribution in [0.4, 0.5) is 4.79 Å². The third-order valence-electron chi connectivity index (χ3n) is 6.96. The van der Waals surface area contributed by atoms with Crippen molar-refractivity contribution in [2.24, 2.45) is 0 Å². The number of imide groups is 1. The zero-order valence-electron chi connectivity index (χ0n) is 23.2. The maximum absolute atomic E-state index is 13.6. The summed E-state index contributed by atoms with van der Waals surface area (Å²) in [5, 5.41) is 0.538. The van der Waals surface area contributed by atoms with Gasteiger partial charge in [0.15, 0.2) is 0 Å². The predicted octanol–water partition coefficient (Wildman–Crippen LogP) is 6.32. The van der Waals surface area contributed by atoms with E-state index in [-0.39, 0.29) is 24.5 Å². The number of urea groups is 1. The number of hydrogen-bond donors (Lipinski definition) is 0. The van der Waals surface area contributed by atoms with Gasteiger partial charge in [-0.15, -0.1) is 0 Å². The predicted molar refractivity (Wildman–Crippen MR) is 155 cm³/mol. The number of ether oxygens (including phenoxy) is 1. The molecule has 0 saturated carbocycles. The Labute approximate surface area is 240 Å². The Balaban J connectivity index is 1.73. The van der Waals surface area contributed by atoms with Gasteiger partial charge in [0.2, 0.25) is 0 Å². The first-order valence-corrected chi connectivity index (χ1v) is 14.1. The van der Waals surface area contributed by atoms with Crippen LogP contribution in [0.15, 0.2) is 60.4 Å². The molecular weight excluding hydrogens is 528 g/mol. The topological polar surface area (TPSA) is 84.7 Å². The molecule has 0 bridgehead atoms. The number of nitrogens with zero attached hydrogens (tertiary/aromatic N) is 4. The highest BCUT2D eigenvalue weighted by atomic mass is 35.5. The Hall–Kier alpha value is -3.91. The molecule has 0 radical (unpaired) electrons. The third-order valence-corrected chi connectivity index (χ3v) is 7.33. The second-order valence-corrected chi connectivity index (χ2v) is 10.2. The highest BCUT2D eigenvalue weighted by Crippen LogP contribution is 2.29. The number of aromatic nitrogens is 2. The van der Waals surface area contributed by atoms with Crippen molar-refractivity contribution < 1.29 is 19.1 Å². The number of methoxy groups -OCH3 is 1. The van der Waals surface area contributed by atoms with Gasteiger partial charge in [-0.05, 0) is 48.2 Å². The van der Waals surface area contributed by atoms with Gasteiger partial charge < -0.3 is 9.30 Å². The van der Waals surface area contributed by atoms with Gasteiger partial charge in [-0.25, -0.2) is 14.6 Å². The molecule has 0 N–H and O–H groups in total. The Kier molecular flexibility index (Phi) is 9.77. The van der Waals surface area contributed by atoms with Gasteiger partial charge in [0.25, 0.3) is 5.91 Å². The number of imidazole rings is 1. The average molecular weight is 563 g/mol. The van der Waals surface area contributed by atoms with Crippen molar-refractivity contribution >= 4 is 35.6 Å². The number of esters is 1. The number of rotatable bonds is 12. The van der Waals surface area contributed by atoms with Gasteiger partial charge in [-0.1, -0.05) is 68.6 Å². The molecule has 3 aromatic rings. The van der Waals surface area contributed by atoms with Gasteiger partial charge in [-0.2, -0.15) is 0 Å². The molecule has 210 valence electrons. The van der Waals surface area contributed by atoms with Gasteiger partial charge >= 0.3 is 12.0 Å². The van der Waals surface area contributed by atoms with Gasteiger partial charge in [-0.3, -0.25) is 14.6 Å². The second kappa shape index (κ2) is 13.4. The van der Waals surface area contributed by atoms with Crippen molar-refractivity contribution in [2.45, 2.75) is 59.0 Å². The molecule has 0 aliphatic carbocycles. The molecule has 3 amide bonds. The molecule has 1 aliphatic rings. The fourth-order valence-electron chi connectivity index (χ4n) is 4.64. The lowest BCUT2D eigenvalue weighted by Crippen LogP contribution is -2.33. The summed E-state index contributed by atoms with van der Waals surface area (Å²) < 4.78 is 6.88. The van der Waals surface area contributed by atoms with Crippen molar-refractivity contribution in [1.82, 2.24) is 19.4 Å². The van der Waals surface area contributed by atoms with E-state index in [1.807, 2.05) is 37.3 Å². The first kappa shape index (κ1) is 29.1. The Morgan fingerprint density at radius 1 is 0.975 bits per heavy atom. The van der Waals surface area contributed by atoms with Crippen molar-refractivity contribution in [3.63, 3.8) is 0 Å². The number of carbonyl (C=O) groups excluding carboxylic acids is 3. The number of unbranched alkanes of at least 4 members (excludes halogenated alkanes) is 2. The van der Waals surface area contributed by atoms with Crippen LogP contribution < -0.4 is 0 Å². The summed E-state index contributed by atoms with van der Waals surface area (Å²) in [6.07, 6.45) is 7.86. The summed E-state index contributed by atoms with van der Waals surface area (Å²) in [5.74, 6) is 0.178. The van der Waals surface area contributed by atoms with Crippen LogP contribution in [0.1, 0.15) is 72.5 Å². The lowest BCUT2D eigenvalue weighted by atomic mass is 10.1. The standard InChI is InChI=1S/C31H35ClN4O4/c1-4-6-12-28-33-19-25(35(28)20-22-13-15-23(16-14-22)30(38)40-3)18-27-29(37)34(17-7-5-2)31(39)36(27)21-24-10-8-9-11-26(24)32/h8-11,13-16,18-19H,4-7,12,17,20-21H2,1-3H3/b27-18-. The van der Waals surface area contributed by atoms with E-state index in [0.29, 0.717) is 29.4 Å². The molecule has 0 atom stereocenters. The third kappa shape index (κ3) is 6.45. The molecule has 1 fully saturated rings. The van der Waals surface area contributed by atoms with Crippen LogP contribution in [0.25, 0.3) is 6.08 Å². The monoisotopic (exact) mass is 562 g/mol. The minimum absolute atomic E-state index is 0.185. The van der Waals surface area contributed by atoms with Crippen molar-refractivity contribution in [2.75, 3.05) is 13.7 Å². The number of halogens is 1. The highest BCUT2D eigenvalue weighted by Gasteiger charge is 2.41. The fourth-order valence-corrected chi connectivity index (χ4v) is 4.84. The number of carbonyl (C=O) groups is 3. The van der Waals surface area contributed by atoms with E-state index < -0.39 is 0 Å². The summed E-state index contributed by atoms with van der Waals surface area (Å²) in [4.78, 5) is 46.4. The minimum atomic E-state index is -0.390. The minimum Gasteiger partial charge on any atom is -0.465 e. The summed E-state index contributed by atoms with van der Waals surface area (Å²) in [7, 11) is 1.36. The van der Waals surface area contributed by atoms with E-state index in [1.165, 1.54) is 16.9 Å². The molecule has 0 spiro atoms. The summed E-state index contributed by atoms with van der Waals surface area (Å²) in [5.41, 5.74) is 3.22. The van der Waals surface area contributed by atoms with E-state index >= 15 is 0 Å². The van der Waals surface area contributed by atoms with Crippen LogP contribution in [0.3, 0.4) is 0 Å². The van der Waals surface area contributed by atoms with Crippen LogP contribution in [-0.4, -0.2) is 50.9 Å². The molecular formula is C31H35ClN4O4. The summed E-state index contributed by atoms with van der Waals surface area (Å²) in [6.45, 7) is 5.19. The SMILES string of the molecule is CCCCc1ncc(/C=C2/C(=O)N(CCCC)C(=O)N2Cc2ccccc2Cl)n1Cc1ccc(C(=O)OC)cc1. The molecule has 8 nitrogen and oxygen atoms in total. The zero-order chi connectivity index (χ0) is 28.6. The van der Waals surface area contributed by atoms with Crippen LogP contribution in [-0.2, 0) is 29.0 Å². The molecule has 0 unspecified atom stereocenters. The zero-order valence-corrected chi connectivity index (χ0v) is 24.0. The molecule has 40 heavy (non-hydrogen) atoms. The Bertz CT molecular complexity index is 1400. The number of aryl methyl sites for hydroxylation is 1. The van der Waals surface area contributed by atoms with Gasteiger partial charge in [0, 0.05) is 24.5 Å². The first-order valence-electron chi connectivity index (χ1n) is 13.7. The van der Waals surface area contributed by atoms with Crippen molar-refractivity contribution in [3.8, 4) is 0 Å². The number of benzene rings is 2. The van der Waals surface area contributed by atoms with Crippen molar-refractivity contribution in [1.29, 1.82) is 0 Å². The summed E-state index contributed by atoms with van der Waals surface area (Å²) in [6, 6.07) is 14.2. The van der Waals surface area contributed by atoms with Crippen LogP contribution in [0.2, 0.25) is 5.02 Å². The normalized spacial score (nSPS) is 14.4.